The number of ether oxygens (including phenoxy) is 1. The molecule has 2 rings (SSSR count). The molecule has 0 bridgehead atoms. The number of benzene rings is 2. The molecule has 0 aliphatic heterocycles. The number of halogens is 3. The Kier molecular flexibility index (Phi) is 5.58. The quantitative estimate of drug-likeness (QED) is 0.811. The van der Waals surface area contributed by atoms with Gasteiger partial charge in [0.1, 0.15) is 11.6 Å². The summed E-state index contributed by atoms with van der Waals surface area (Å²) in [6, 6.07) is 7.96. The molecule has 0 saturated carbocycles. The van der Waals surface area contributed by atoms with Gasteiger partial charge in [-0.1, -0.05) is 23.2 Å². The fourth-order valence-electron chi connectivity index (χ4n) is 1.79. The topological polar surface area (TPSA) is 55.4 Å². The van der Waals surface area contributed by atoms with Crippen LogP contribution in [0.25, 0.3) is 0 Å². The van der Waals surface area contributed by atoms with Crippen LogP contribution in [-0.4, -0.2) is 18.3 Å². The van der Waals surface area contributed by atoms with E-state index in [1.165, 1.54) is 43.3 Å². The lowest BCUT2D eigenvalue weighted by atomic mass is 10.1. The number of anilines is 1. The molecule has 0 fully saturated rings. The lowest BCUT2D eigenvalue weighted by Gasteiger charge is -2.11. The third-order valence-electron chi connectivity index (χ3n) is 2.86. The first-order valence-corrected chi connectivity index (χ1v) is 7.30. The molecular formula is C16H12Cl2FNO3. The highest BCUT2D eigenvalue weighted by Crippen LogP contribution is 2.34. The van der Waals surface area contributed by atoms with Crippen LogP contribution in [0, 0.1) is 5.82 Å². The minimum atomic E-state index is -0.428. The summed E-state index contributed by atoms with van der Waals surface area (Å²) < 4.78 is 18.2. The average molecular weight is 356 g/mol. The summed E-state index contributed by atoms with van der Waals surface area (Å²) in [4.78, 5) is 23.1. The molecule has 1 amide bonds. The Morgan fingerprint density at radius 1 is 1.13 bits per heavy atom. The number of amides is 1. The van der Waals surface area contributed by atoms with Gasteiger partial charge in [0.2, 0.25) is 5.91 Å². The van der Waals surface area contributed by atoms with Gasteiger partial charge in [-0.05, 0) is 30.3 Å². The second kappa shape index (κ2) is 7.44. The molecule has 120 valence electrons. The molecule has 0 aliphatic rings. The molecule has 2 aromatic carbocycles. The zero-order valence-electron chi connectivity index (χ0n) is 12.0. The van der Waals surface area contributed by atoms with Gasteiger partial charge in [-0.2, -0.15) is 0 Å². The summed E-state index contributed by atoms with van der Waals surface area (Å²) in [5.41, 5.74) is 0.645. The highest BCUT2D eigenvalue weighted by Gasteiger charge is 2.12. The SMILES string of the molecule is CC(=O)Nc1cc(OCC(=O)c2ccc(F)cc2)c(Cl)cc1Cl. The number of carbonyl (C=O) groups is 2. The molecule has 0 saturated heterocycles. The van der Waals surface area contributed by atoms with Gasteiger partial charge >= 0.3 is 0 Å². The van der Waals surface area contributed by atoms with Crippen molar-refractivity contribution in [2.45, 2.75) is 6.92 Å². The molecule has 4 nitrogen and oxygen atoms in total. The maximum atomic E-state index is 12.8. The number of ketones is 1. The fourth-order valence-corrected chi connectivity index (χ4v) is 2.27. The third-order valence-corrected chi connectivity index (χ3v) is 3.47. The van der Waals surface area contributed by atoms with E-state index in [-0.39, 0.29) is 34.1 Å². The van der Waals surface area contributed by atoms with Crippen LogP contribution in [0.3, 0.4) is 0 Å². The lowest BCUT2D eigenvalue weighted by Crippen LogP contribution is -2.12. The van der Waals surface area contributed by atoms with E-state index in [1.54, 1.807) is 0 Å². The first-order chi connectivity index (χ1) is 10.9. The van der Waals surface area contributed by atoms with Gasteiger partial charge in [0, 0.05) is 18.6 Å². The summed E-state index contributed by atoms with van der Waals surface area (Å²) in [6.45, 7) is 1.05. The van der Waals surface area contributed by atoms with Crippen LogP contribution >= 0.6 is 23.2 Å². The summed E-state index contributed by atoms with van der Waals surface area (Å²) >= 11 is 12.0. The first kappa shape index (κ1) is 17.2. The van der Waals surface area contributed by atoms with E-state index in [4.69, 9.17) is 27.9 Å². The van der Waals surface area contributed by atoms with E-state index in [9.17, 15) is 14.0 Å². The Bertz CT molecular complexity index is 748. The van der Waals surface area contributed by atoms with Crippen molar-refractivity contribution < 1.29 is 18.7 Å². The summed E-state index contributed by atoms with van der Waals surface area (Å²) in [5, 5.41) is 2.99. The number of hydrogen-bond acceptors (Lipinski definition) is 3. The fraction of sp³-hybridized carbons (Fsp3) is 0.125. The maximum Gasteiger partial charge on any atom is 0.221 e. The smallest absolute Gasteiger partial charge is 0.221 e. The number of hydrogen-bond donors (Lipinski definition) is 1. The van der Waals surface area contributed by atoms with Gasteiger partial charge in [-0.3, -0.25) is 9.59 Å². The molecule has 0 radical (unpaired) electrons. The van der Waals surface area contributed by atoms with Crippen molar-refractivity contribution in [3.63, 3.8) is 0 Å². The van der Waals surface area contributed by atoms with E-state index in [2.05, 4.69) is 5.32 Å². The highest BCUT2D eigenvalue weighted by atomic mass is 35.5. The minimum Gasteiger partial charge on any atom is -0.484 e. The van der Waals surface area contributed by atoms with E-state index in [0.717, 1.165) is 0 Å². The van der Waals surface area contributed by atoms with Crippen LogP contribution in [0.1, 0.15) is 17.3 Å². The predicted octanol–water partition coefficient (Wildman–Crippen LogP) is 4.35. The Labute approximate surface area is 142 Å². The van der Waals surface area contributed by atoms with Crippen molar-refractivity contribution in [3.05, 3.63) is 57.8 Å². The molecule has 2 aromatic rings. The van der Waals surface area contributed by atoms with Crippen molar-refractivity contribution in [2.24, 2.45) is 0 Å². The van der Waals surface area contributed by atoms with E-state index < -0.39 is 5.82 Å². The minimum absolute atomic E-state index is 0.204. The molecule has 0 spiro atoms. The Balaban J connectivity index is 2.11. The molecule has 0 aromatic heterocycles. The van der Waals surface area contributed by atoms with Gasteiger partial charge in [0.15, 0.2) is 12.4 Å². The molecule has 1 N–H and O–H groups in total. The molecule has 23 heavy (non-hydrogen) atoms. The molecule has 0 atom stereocenters. The maximum absolute atomic E-state index is 12.8. The van der Waals surface area contributed by atoms with Crippen molar-refractivity contribution >= 4 is 40.6 Å². The monoisotopic (exact) mass is 355 g/mol. The van der Waals surface area contributed by atoms with Crippen LogP contribution < -0.4 is 10.1 Å². The molecule has 0 aliphatic carbocycles. The number of Topliss-reactive ketones (excluding diaryl/α,β-unsaturated/α-hetero) is 1. The van der Waals surface area contributed by atoms with Gasteiger partial charge in [0.25, 0.3) is 0 Å². The number of nitrogens with one attached hydrogen (secondary N) is 1. The average Bonchev–Trinajstić information content (AvgIpc) is 2.49. The Morgan fingerprint density at radius 3 is 2.39 bits per heavy atom. The molecule has 0 unspecified atom stereocenters. The van der Waals surface area contributed by atoms with Crippen LogP contribution in [-0.2, 0) is 4.79 Å². The van der Waals surface area contributed by atoms with Gasteiger partial charge in [-0.25, -0.2) is 4.39 Å². The Hall–Kier alpha value is -2.11. The van der Waals surface area contributed by atoms with Crippen LogP contribution in [0.15, 0.2) is 36.4 Å². The van der Waals surface area contributed by atoms with Crippen LogP contribution in [0.5, 0.6) is 5.75 Å². The van der Waals surface area contributed by atoms with E-state index >= 15 is 0 Å². The normalized spacial score (nSPS) is 10.3. The number of rotatable bonds is 5. The molecular weight excluding hydrogens is 344 g/mol. The standard InChI is InChI=1S/C16H12Cl2FNO3/c1-9(21)20-14-7-16(13(18)6-12(14)17)23-8-15(22)10-2-4-11(19)5-3-10/h2-7H,8H2,1H3,(H,20,21). The van der Waals surface area contributed by atoms with Crippen molar-refractivity contribution in [2.75, 3.05) is 11.9 Å². The van der Waals surface area contributed by atoms with Crippen molar-refractivity contribution in [1.29, 1.82) is 0 Å². The second-order valence-electron chi connectivity index (χ2n) is 4.66. The van der Waals surface area contributed by atoms with Crippen molar-refractivity contribution in [1.82, 2.24) is 0 Å². The van der Waals surface area contributed by atoms with Gasteiger partial charge in [-0.15, -0.1) is 0 Å². The molecule has 0 heterocycles. The largest absolute Gasteiger partial charge is 0.484 e. The predicted molar refractivity (Wildman–Crippen MR) is 87.0 cm³/mol. The van der Waals surface area contributed by atoms with E-state index in [1.807, 2.05) is 0 Å². The lowest BCUT2D eigenvalue weighted by molar-refractivity contribution is -0.114. The molecule has 7 heteroatoms. The van der Waals surface area contributed by atoms with Gasteiger partial charge < -0.3 is 10.1 Å². The van der Waals surface area contributed by atoms with Crippen LogP contribution in [0.4, 0.5) is 10.1 Å². The van der Waals surface area contributed by atoms with Crippen LogP contribution in [0.2, 0.25) is 10.0 Å². The van der Waals surface area contributed by atoms with Crippen molar-refractivity contribution in [3.8, 4) is 5.75 Å². The van der Waals surface area contributed by atoms with E-state index in [0.29, 0.717) is 11.3 Å². The van der Waals surface area contributed by atoms with Gasteiger partial charge in [0.05, 0.1) is 15.7 Å². The number of carbonyl (C=O) groups excluding carboxylic acids is 2. The summed E-state index contributed by atoms with van der Waals surface area (Å²) in [6.07, 6.45) is 0. The summed E-state index contributed by atoms with van der Waals surface area (Å²) in [7, 11) is 0. The second-order valence-corrected chi connectivity index (χ2v) is 5.48. The zero-order valence-corrected chi connectivity index (χ0v) is 13.5. The third kappa shape index (κ3) is 4.68. The first-order valence-electron chi connectivity index (χ1n) is 6.55. The highest BCUT2D eigenvalue weighted by molar-refractivity contribution is 6.37. The zero-order chi connectivity index (χ0) is 17.0. The summed E-state index contributed by atoms with van der Waals surface area (Å²) in [5.74, 6) is -0.863. The Morgan fingerprint density at radius 2 is 1.78 bits per heavy atom.